The van der Waals surface area contributed by atoms with Crippen molar-refractivity contribution >= 4 is 64.2 Å². The highest BCUT2D eigenvalue weighted by Gasteiger charge is 2.20. The predicted octanol–water partition coefficient (Wildman–Crippen LogP) is 7.09. The van der Waals surface area contributed by atoms with Crippen LogP contribution >= 0.6 is 23.4 Å². The molecular formula is C32H27ClN4O5S. The van der Waals surface area contributed by atoms with Gasteiger partial charge in [-0.2, -0.15) is 0 Å². The maximum absolute atomic E-state index is 13.4. The van der Waals surface area contributed by atoms with E-state index in [1.807, 2.05) is 6.92 Å². The maximum atomic E-state index is 13.4. The Kier molecular flexibility index (Phi) is 10.3. The van der Waals surface area contributed by atoms with Crippen molar-refractivity contribution in [3.63, 3.8) is 0 Å². The van der Waals surface area contributed by atoms with Crippen LogP contribution in [0.3, 0.4) is 0 Å². The molecule has 218 valence electrons. The number of carbonyl (C=O) groups excluding carboxylic acids is 3. The number of benzene rings is 4. The van der Waals surface area contributed by atoms with E-state index >= 15 is 0 Å². The van der Waals surface area contributed by atoms with Gasteiger partial charge in [0.1, 0.15) is 5.70 Å². The topological polar surface area (TPSA) is 130 Å². The van der Waals surface area contributed by atoms with Crippen LogP contribution in [-0.4, -0.2) is 27.9 Å². The number of thioether (sulfide) groups is 1. The molecule has 4 aromatic carbocycles. The fourth-order valence-electron chi connectivity index (χ4n) is 3.95. The molecule has 0 aliphatic rings. The average Bonchev–Trinajstić information content (AvgIpc) is 2.99. The minimum absolute atomic E-state index is 0.144. The van der Waals surface area contributed by atoms with Crippen molar-refractivity contribution in [2.24, 2.45) is 0 Å². The van der Waals surface area contributed by atoms with Gasteiger partial charge in [0, 0.05) is 32.9 Å². The standard InChI is InChI=1S/C32H27ClN4O5S/c1-20-26(33)15-9-16-27(20)35-30(38)21(2)43-25-14-8-13-24(19-25)34-32(40)28(36-31(39)22-10-4-3-5-11-22)18-23-12-6-7-17-29(23)37(41)42/h3-19,21H,1-2H3,(H,34,40)(H,35,38)(H,36,39)/b28-18+. The third-order valence-electron chi connectivity index (χ3n) is 6.26. The van der Waals surface area contributed by atoms with Gasteiger partial charge in [-0.1, -0.05) is 54.1 Å². The van der Waals surface area contributed by atoms with Gasteiger partial charge in [0.25, 0.3) is 17.5 Å². The number of rotatable bonds is 10. The first-order valence-electron chi connectivity index (χ1n) is 13.1. The average molecular weight is 615 g/mol. The largest absolute Gasteiger partial charge is 0.325 e. The lowest BCUT2D eigenvalue weighted by Gasteiger charge is -2.15. The highest BCUT2D eigenvalue weighted by atomic mass is 35.5. The van der Waals surface area contributed by atoms with Gasteiger partial charge in [-0.05, 0) is 74.0 Å². The van der Waals surface area contributed by atoms with Crippen LogP contribution in [0.4, 0.5) is 17.1 Å². The summed E-state index contributed by atoms with van der Waals surface area (Å²) in [6.07, 6.45) is 1.26. The fraction of sp³-hybridized carbons (Fsp3) is 0.0938. The first kappa shape index (κ1) is 31.0. The Morgan fingerprint density at radius 3 is 2.35 bits per heavy atom. The quantitative estimate of drug-likeness (QED) is 0.0757. The van der Waals surface area contributed by atoms with Crippen molar-refractivity contribution in [1.82, 2.24) is 5.32 Å². The Morgan fingerprint density at radius 2 is 1.60 bits per heavy atom. The van der Waals surface area contributed by atoms with Gasteiger partial charge in [-0.25, -0.2) is 0 Å². The highest BCUT2D eigenvalue weighted by Crippen LogP contribution is 2.29. The number of nitro groups is 1. The van der Waals surface area contributed by atoms with E-state index in [-0.39, 0.29) is 22.9 Å². The number of anilines is 2. The van der Waals surface area contributed by atoms with E-state index in [1.165, 1.54) is 36.0 Å². The molecule has 1 unspecified atom stereocenters. The van der Waals surface area contributed by atoms with E-state index < -0.39 is 22.0 Å². The monoisotopic (exact) mass is 614 g/mol. The van der Waals surface area contributed by atoms with Gasteiger partial charge in [0.2, 0.25) is 5.91 Å². The minimum Gasteiger partial charge on any atom is -0.325 e. The second-order valence-corrected chi connectivity index (χ2v) is 11.2. The summed E-state index contributed by atoms with van der Waals surface area (Å²) < 4.78 is 0. The van der Waals surface area contributed by atoms with E-state index in [0.29, 0.717) is 26.9 Å². The number of hydrogen-bond donors (Lipinski definition) is 3. The molecule has 0 saturated carbocycles. The molecule has 0 heterocycles. The number of halogens is 1. The highest BCUT2D eigenvalue weighted by molar-refractivity contribution is 8.00. The molecule has 1 atom stereocenters. The molecule has 4 aromatic rings. The molecule has 9 nitrogen and oxygen atoms in total. The molecular weight excluding hydrogens is 588 g/mol. The van der Waals surface area contributed by atoms with E-state index in [9.17, 15) is 24.5 Å². The number of hydrogen-bond acceptors (Lipinski definition) is 6. The first-order chi connectivity index (χ1) is 20.6. The Hall–Kier alpha value is -4.93. The van der Waals surface area contributed by atoms with Crippen molar-refractivity contribution in [2.75, 3.05) is 10.6 Å². The summed E-state index contributed by atoms with van der Waals surface area (Å²) in [5, 5.41) is 19.9. The van der Waals surface area contributed by atoms with Crippen molar-refractivity contribution in [2.45, 2.75) is 24.0 Å². The second-order valence-electron chi connectivity index (χ2n) is 9.34. The maximum Gasteiger partial charge on any atom is 0.276 e. The first-order valence-corrected chi connectivity index (χ1v) is 14.3. The zero-order valence-corrected chi connectivity index (χ0v) is 24.7. The van der Waals surface area contributed by atoms with Gasteiger partial charge < -0.3 is 16.0 Å². The van der Waals surface area contributed by atoms with Gasteiger partial charge in [0.05, 0.1) is 15.7 Å². The molecule has 43 heavy (non-hydrogen) atoms. The Bertz CT molecular complexity index is 1710. The molecule has 0 spiro atoms. The Morgan fingerprint density at radius 1 is 0.907 bits per heavy atom. The number of nitrogens with one attached hydrogen (secondary N) is 3. The van der Waals surface area contributed by atoms with Crippen LogP contribution in [0.5, 0.6) is 0 Å². The molecule has 0 aliphatic heterocycles. The summed E-state index contributed by atoms with van der Waals surface area (Å²) in [7, 11) is 0. The van der Waals surface area contributed by atoms with Gasteiger partial charge in [-0.15, -0.1) is 11.8 Å². The fourth-order valence-corrected chi connectivity index (χ4v) is 5.06. The number of amides is 3. The summed E-state index contributed by atoms with van der Waals surface area (Å²) in [6.45, 7) is 3.58. The van der Waals surface area contributed by atoms with Crippen molar-refractivity contribution in [1.29, 1.82) is 0 Å². The molecule has 0 fully saturated rings. The van der Waals surface area contributed by atoms with Gasteiger partial charge in [0.15, 0.2) is 0 Å². The lowest BCUT2D eigenvalue weighted by atomic mass is 10.1. The van der Waals surface area contributed by atoms with Crippen LogP contribution in [0.25, 0.3) is 6.08 Å². The lowest BCUT2D eigenvalue weighted by molar-refractivity contribution is -0.385. The summed E-state index contributed by atoms with van der Waals surface area (Å²) >= 11 is 7.46. The number of para-hydroxylation sites is 1. The molecule has 0 aliphatic carbocycles. The molecule has 11 heteroatoms. The minimum atomic E-state index is -0.688. The molecule has 3 N–H and O–H groups in total. The van der Waals surface area contributed by atoms with Crippen molar-refractivity contribution < 1.29 is 19.3 Å². The molecule has 0 radical (unpaired) electrons. The van der Waals surface area contributed by atoms with E-state index in [2.05, 4.69) is 16.0 Å². The van der Waals surface area contributed by atoms with Gasteiger partial charge >= 0.3 is 0 Å². The zero-order chi connectivity index (χ0) is 30.9. The molecule has 4 rings (SSSR count). The van der Waals surface area contributed by atoms with Crippen LogP contribution in [-0.2, 0) is 9.59 Å². The van der Waals surface area contributed by atoms with Crippen molar-refractivity contribution in [3.05, 3.63) is 135 Å². The van der Waals surface area contributed by atoms with Gasteiger partial charge in [-0.3, -0.25) is 24.5 Å². The third-order valence-corrected chi connectivity index (χ3v) is 7.76. The Labute approximate surface area is 257 Å². The van der Waals surface area contributed by atoms with Crippen LogP contribution < -0.4 is 16.0 Å². The summed E-state index contributed by atoms with van der Waals surface area (Å²) in [5.41, 5.74) is 1.83. The predicted molar refractivity (Wildman–Crippen MR) is 170 cm³/mol. The summed E-state index contributed by atoms with van der Waals surface area (Å²) in [6, 6.07) is 26.3. The lowest BCUT2D eigenvalue weighted by Crippen LogP contribution is -2.30. The number of carbonyl (C=O) groups is 3. The van der Waals surface area contributed by atoms with Crippen molar-refractivity contribution in [3.8, 4) is 0 Å². The van der Waals surface area contributed by atoms with Crippen LogP contribution in [0, 0.1) is 17.0 Å². The number of nitrogens with zero attached hydrogens (tertiary/aromatic N) is 1. The van der Waals surface area contributed by atoms with Crippen LogP contribution in [0.1, 0.15) is 28.4 Å². The second kappa shape index (κ2) is 14.3. The normalized spacial score (nSPS) is 11.7. The van der Waals surface area contributed by atoms with Crippen LogP contribution in [0.2, 0.25) is 5.02 Å². The molecule has 3 amide bonds. The van der Waals surface area contributed by atoms with E-state index in [1.54, 1.807) is 85.8 Å². The van der Waals surface area contributed by atoms with Crippen LogP contribution in [0.15, 0.2) is 108 Å². The van der Waals surface area contributed by atoms with E-state index in [0.717, 1.165) is 5.56 Å². The molecule has 0 saturated heterocycles. The third kappa shape index (κ3) is 8.31. The van der Waals surface area contributed by atoms with E-state index in [4.69, 9.17) is 11.6 Å². The summed E-state index contributed by atoms with van der Waals surface area (Å²) in [4.78, 5) is 50.9. The number of nitro benzene ring substituents is 1. The molecule has 0 aromatic heterocycles. The molecule has 0 bridgehead atoms. The smallest absolute Gasteiger partial charge is 0.276 e. The summed E-state index contributed by atoms with van der Waals surface area (Å²) in [5.74, 6) is -1.46. The Balaban J connectivity index is 1.53. The zero-order valence-electron chi connectivity index (χ0n) is 23.2. The SMILES string of the molecule is Cc1c(Cl)cccc1NC(=O)C(C)Sc1cccc(NC(=O)/C(=C\c2ccccc2[N+](=O)[O-])NC(=O)c2ccccc2)c1.